The number of carbonyl (C=O) groups is 1. The highest BCUT2D eigenvalue weighted by molar-refractivity contribution is 5.75. The van der Waals surface area contributed by atoms with Crippen molar-refractivity contribution in [3.8, 4) is 17.2 Å². The van der Waals surface area contributed by atoms with E-state index in [2.05, 4.69) is 24.5 Å². The van der Waals surface area contributed by atoms with E-state index in [4.69, 9.17) is 14.2 Å². The van der Waals surface area contributed by atoms with Crippen LogP contribution in [0.15, 0.2) is 42.5 Å². The van der Waals surface area contributed by atoms with Gasteiger partial charge in [-0.1, -0.05) is 32.0 Å². The van der Waals surface area contributed by atoms with Crippen LogP contribution in [0.5, 0.6) is 17.2 Å². The molecule has 2 aromatic rings. The smallest absolute Gasteiger partial charge is 0.315 e. The summed E-state index contributed by atoms with van der Waals surface area (Å²) in [4.78, 5) is 12.7. The molecule has 0 aliphatic carbocycles. The molecular formula is C23H30N2O4. The normalized spacial score (nSPS) is 14.8. The zero-order valence-corrected chi connectivity index (χ0v) is 17.5. The van der Waals surface area contributed by atoms with Crippen molar-refractivity contribution in [2.75, 3.05) is 19.8 Å². The first kappa shape index (κ1) is 20.8. The van der Waals surface area contributed by atoms with E-state index in [1.54, 1.807) is 0 Å². The Morgan fingerprint density at radius 2 is 1.62 bits per heavy atom. The Morgan fingerprint density at radius 1 is 0.966 bits per heavy atom. The number of benzene rings is 2. The van der Waals surface area contributed by atoms with Crippen LogP contribution in [0.2, 0.25) is 0 Å². The standard InChI is InChI=1S/C23H30N2O4/c1-5-27-19-9-6-17(7-10-19)16(4)24-23(26)25-22(15(2)3)18-8-11-20-21(14-18)29-13-12-28-20/h6-11,14-16,22H,5,12-13H2,1-4H3,(H2,24,25,26)/t16-,22+/m1/s1. The molecule has 0 unspecified atom stereocenters. The molecule has 0 saturated heterocycles. The minimum absolute atomic E-state index is 0.126. The summed E-state index contributed by atoms with van der Waals surface area (Å²) in [5, 5.41) is 6.12. The molecule has 2 amide bonds. The molecule has 6 nitrogen and oxygen atoms in total. The number of ether oxygens (including phenoxy) is 3. The van der Waals surface area contributed by atoms with Gasteiger partial charge in [-0.3, -0.25) is 0 Å². The van der Waals surface area contributed by atoms with Crippen molar-refractivity contribution in [3.05, 3.63) is 53.6 Å². The molecule has 1 aliphatic rings. The topological polar surface area (TPSA) is 68.8 Å². The van der Waals surface area contributed by atoms with E-state index in [9.17, 15) is 4.79 Å². The van der Waals surface area contributed by atoms with Gasteiger partial charge in [-0.25, -0.2) is 4.79 Å². The molecule has 0 spiro atoms. The number of rotatable bonds is 7. The third kappa shape index (κ3) is 5.34. The predicted octanol–water partition coefficient (Wildman–Crippen LogP) is 4.61. The second-order valence-corrected chi connectivity index (χ2v) is 7.47. The third-order valence-electron chi connectivity index (χ3n) is 4.92. The molecule has 0 fully saturated rings. The molecule has 2 atom stereocenters. The Morgan fingerprint density at radius 3 is 2.28 bits per heavy atom. The lowest BCUT2D eigenvalue weighted by Crippen LogP contribution is -2.40. The van der Waals surface area contributed by atoms with E-state index < -0.39 is 0 Å². The molecule has 0 radical (unpaired) electrons. The van der Waals surface area contributed by atoms with Gasteiger partial charge in [-0.15, -0.1) is 0 Å². The van der Waals surface area contributed by atoms with Crippen LogP contribution in [-0.4, -0.2) is 25.9 Å². The number of hydrogen-bond donors (Lipinski definition) is 2. The van der Waals surface area contributed by atoms with Gasteiger partial charge >= 0.3 is 6.03 Å². The first-order valence-corrected chi connectivity index (χ1v) is 10.2. The maximum absolute atomic E-state index is 12.7. The number of amides is 2. The van der Waals surface area contributed by atoms with Crippen molar-refractivity contribution >= 4 is 6.03 Å². The Bertz CT molecular complexity index is 820. The highest BCUT2D eigenvalue weighted by Gasteiger charge is 2.22. The van der Waals surface area contributed by atoms with E-state index >= 15 is 0 Å². The summed E-state index contributed by atoms with van der Waals surface area (Å²) in [5.74, 6) is 2.51. The predicted molar refractivity (Wildman–Crippen MR) is 113 cm³/mol. The van der Waals surface area contributed by atoms with Crippen molar-refractivity contribution < 1.29 is 19.0 Å². The highest BCUT2D eigenvalue weighted by Crippen LogP contribution is 2.34. The van der Waals surface area contributed by atoms with E-state index in [0.29, 0.717) is 19.8 Å². The van der Waals surface area contributed by atoms with Gasteiger partial charge in [0.15, 0.2) is 11.5 Å². The van der Waals surface area contributed by atoms with Gasteiger partial charge in [0.2, 0.25) is 0 Å². The summed E-state index contributed by atoms with van der Waals surface area (Å²) in [6, 6.07) is 13.1. The average Bonchev–Trinajstić information content (AvgIpc) is 2.72. The molecule has 6 heteroatoms. The Labute approximate surface area is 172 Å². The Hall–Kier alpha value is -2.89. The zero-order chi connectivity index (χ0) is 20.8. The van der Waals surface area contributed by atoms with Gasteiger partial charge in [0, 0.05) is 0 Å². The van der Waals surface area contributed by atoms with Crippen LogP contribution in [0, 0.1) is 5.92 Å². The maximum Gasteiger partial charge on any atom is 0.315 e. The number of nitrogens with one attached hydrogen (secondary N) is 2. The molecule has 2 aromatic carbocycles. The van der Waals surface area contributed by atoms with Gasteiger partial charge in [0.05, 0.1) is 18.7 Å². The van der Waals surface area contributed by atoms with Crippen molar-refractivity contribution in [2.45, 2.75) is 39.8 Å². The van der Waals surface area contributed by atoms with Gasteiger partial charge in [-0.05, 0) is 55.2 Å². The van der Waals surface area contributed by atoms with E-state index in [1.165, 1.54) is 0 Å². The van der Waals surface area contributed by atoms with Crippen LogP contribution in [0.4, 0.5) is 4.79 Å². The number of fused-ring (bicyclic) bond motifs is 1. The van der Waals surface area contributed by atoms with Crippen molar-refractivity contribution in [1.82, 2.24) is 10.6 Å². The molecule has 0 aromatic heterocycles. The minimum atomic E-state index is -0.208. The molecule has 3 rings (SSSR count). The maximum atomic E-state index is 12.7. The monoisotopic (exact) mass is 398 g/mol. The molecule has 0 saturated carbocycles. The molecular weight excluding hydrogens is 368 g/mol. The van der Waals surface area contributed by atoms with Crippen LogP contribution in [0.25, 0.3) is 0 Å². The molecule has 29 heavy (non-hydrogen) atoms. The SMILES string of the molecule is CCOc1ccc([C@@H](C)NC(=O)N[C@H](c2ccc3c(c2)OCCO3)C(C)C)cc1. The number of hydrogen-bond acceptors (Lipinski definition) is 4. The molecule has 2 N–H and O–H groups in total. The largest absolute Gasteiger partial charge is 0.494 e. The summed E-state index contributed by atoms with van der Waals surface area (Å²) in [6.07, 6.45) is 0. The fraction of sp³-hybridized carbons (Fsp3) is 0.435. The van der Waals surface area contributed by atoms with Crippen LogP contribution in [0.1, 0.15) is 50.9 Å². The third-order valence-corrected chi connectivity index (χ3v) is 4.92. The fourth-order valence-electron chi connectivity index (χ4n) is 3.37. The summed E-state index contributed by atoms with van der Waals surface area (Å²) < 4.78 is 16.7. The lowest BCUT2D eigenvalue weighted by Gasteiger charge is -2.26. The number of carbonyl (C=O) groups excluding carboxylic acids is 1. The van der Waals surface area contributed by atoms with E-state index in [0.717, 1.165) is 28.4 Å². The van der Waals surface area contributed by atoms with Crippen molar-refractivity contribution in [2.24, 2.45) is 5.92 Å². The second kappa shape index (κ2) is 9.54. The Kier molecular flexibility index (Phi) is 6.86. The van der Waals surface area contributed by atoms with Gasteiger partial charge < -0.3 is 24.8 Å². The fourth-order valence-corrected chi connectivity index (χ4v) is 3.37. The van der Waals surface area contributed by atoms with Crippen molar-refractivity contribution in [3.63, 3.8) is 0 Å². The van der Waals surface area contributed by atoms with Crippen LogP contribution >= 0.6 is 0 Å². The molecule has 156 valence electrons. The van der Waals surface area contributed by atoms with Crippen LogP contribution in [0.3, 0.4) is 0 Å². The van der Waals surface area contributed by atoms with Crippen LogP contribution < -0.4 is 24.8 Å². The summed E-state index contributed by atoms with van der Waals surface area (Å²) in [7, 11) is 0. The lowest BCUT2D eigenvalue weighted by atomic mass is 9.95. The summed E-state index contributed by atoms with van der Waals surface area (Å²) in [6.45, 7) is 9.81. The molecule has 0 bridgehead atoms. The van der Waals surface area contributed by atoms with E-state index in [1.807, 2.05) is 56.3 Å². The van der Waals surface area contributed by atoms with Crippen LogP contribution in [-0.2, 0) is 0 Å². The van der Waals surface area contributed by atoms with Gasteiger partial charge in [0.1, 0.15) is 19.0 Å². The lowest BCUT2D eigenvalue weighted by molar-refractivity contribution is 0.171. The summed E-state index contributed by atoms with van der Waals surface area (Å²) in [5.41, 5.74) is 2.01. The quantitative estimate of drug-likeness (QED) is 0.714. The first-order chi connectivity index (χ1) is 14.0. The molecule has 1 heterocycles. The van der Waals surface area contributed by atoms with Gasteiger partial charge in [-0.2, -0.15) is 0 Å². The number of urea groups is 1. The molecule has 1 aliphatic heterocycles. The van der Waals surface area contributed by atoms with E-state index in [-0.39, 0.29) is 24.0 Å². The second-order valence-electron chi connectivity index (χ2n) is 7.47. The highest BCUT2D eigenvalue weighted by atomic mass is 16.6. The van der Waals surface area contributed by atoms with Crippen molar-refractivity contribution in [1.29, 1.82) is 0 Å². The average molecular weight is 399 g/mol. The first-order valence-electron chi connectivity index (χ1n) is 10.2. The Balaban J connectivity index is 1.65. The zero-order valence-electron chi connectivity index (χ0n) is 17.5. The minimum Gasteiger partial charge on any atom is -0.494 e. The van der Waals surface area contributed by atoms with Gasteiger partial charge in [0.25, 0.3) is 0 Å². The summed E-state index contributed by atoms with van der Waals surface area (Å²) >= 11 is 0.